The van der Waals surface area contributed by atoms with E-state index in [4.69, 9.17) is 0 Å². The fraction of sp³-hybridized carbons (Fsp3) is 0.474. The van der Waals surface area contributed by atoms with Gasteiger partial charge in [-0.3, -0.25) is 4.79 Å². The second-order valence-corrected chi connectivity index (χ2v) is 6.52. The predicted molar refractivity (Wildman–Crippen MR) is 98.6 cm³/mol. The summed E-state index contributed by atoms with van der Waals surface area (Å²) in [7, 11) is 0. The van der Waals surface area contributed by atoms with E-state index in [2.05, 4.69) is 22.5 Å². The number of anilines is 1. The van der Waals surface area contributed by atoms with Crippen molar-refractivity contribution in [2.45, 2.75) is 44.1 Å². The quantitative estimate of drug-likeness (QED) is 0.472. The lowest BCUT2D eigenvalue weighted by Crippen LogP contribution is -2.44. The first kappa shape index (κ1) is 19.0. The predicted octanol–water partition coefficient (Wildman–Crippen LogP) is 2.81. The number of carbonyl (C=O) groups is 2. The Morgan fingerprint density at radius 2 is 1.72 bits per heavy atom. The van der Waals surface area contributed by atoms with Crippen molar-refractivity contribution in [3.05, 3.63) is 42.5 Å². The van der Waals surface area contributed by atoms with E-state index in [0.717, 1.165) is 38.5 Å². The van der Waals surface area contributed by atoms with Crippen LogP contribution in [-0.4, -0.2) is 35.7 Å². The van der Waals surface area contributed by atoms with Gasteiger partial charge in [0, 0.05) is 24.3 Å². The second-order valence-electron chi connectivity index (χ2n) is 6.52. The minimum absolute atomic E-state index is 0.188. The van der Waals surface area contributed by atoms with Crippen molar-refractivity contribution in [2.75, 3.05) is 18.4 Å². The van der Waals surface area contributed by atoms with Gasteiger partial charge in [-0.05, 0) is 37.1 Å². The first-order chi connectivity index (χ1) is 12.0. The topological polar surface area (TPSA) is 90.5 Å². The Morgan fingerprint density at radius 3 is 2.32 bits per heavy atom. The van der Waals surface area contributed by atoms with Crippen molar-refractivity contribution in [1.82, 2.24) is 10.6 Å². The summed E-state index contributed by atoms with van der Waals surface area (Å²) in [5.74, 6) is -0.188. The molecule has 0 aromatic heterocycles. The summed E-state index contributed by atoms with van der Waals surface area (Å²) in [5.41, 5.74) is 0.298. The molecule has 25 heavy (non-hydrogen) atoms. The lowest BCUT2D eigenvalue weighted by Gasteiger charge is -2.26. The van der Waals surface area contributed by atoms with Crippen molar-refractivity contribution >= 4 is 17.6 Å². The highest BCUT2D eigenvalue weighted by atomic mass is 16.3. The fourth-order valence-corrected chi connectivity index (χ4v) is 2.96. The van der Waals surface area contributed by atoms with E-state index in [0.29, 0.717) is 17.8 Å². The average Bonchev–Trinajstić information content (AvgIpc) is 2.84. The molecule has 6 nitrogen and oxygen atoms in total. The maximum absolute atomic E-state index is 12.0. The summed E-state index contributed by atoms with van der Waals surface area (Å²) in [5, 5.41) is 18.7. The Morgan fingerprint density at radius 1 is 1.08 bits per heavy atom. The molecule has 0 unspecified atom stereocenters. The number of urea groups is 1. The minimum Gasteiger partial charge on any atom is -0.388 e. The van der Waals surface area contributed by atoms with Crippen molar-refractivity contribution < 1.29 is 14.7 Å². The molecule has 136 valence electrons. The van der Waals surface area contributed by atoms with Gasteiger partial charge in [0.25, 0.3) is 5.91 Å². The number of hydrogen-bond acceptors (Lipinski definition) is 3. The van der Waals surface area contributed by atoms with E-state index < -0.39 is 5.60 Å². The van der Waals surface area contributed by atoms with Gasteiger partial charge in [0.05, 0.1) is 5.60 Å². The van der Waals surface area contributed by atoms with Crippen LogP contribution in [0.15, 0.2) is 36.9 Å². The zero-order valence-corrected chi connectivity index (χ0v) is 14.5. The SMILES string of the molecule is C=CCNC(=O)c1ccc(NC(=O)NCC2(O)CCCCCC2)cc1. The van der Waals surface area contributed by atoms with Gasteiger partial charge in [0.15, 0.2) is 0 Å². The van der Waals surface area contributed by atoms with Crippen LogP contribution in [-0.2, 0) is 0 Å². The molecule has 3 amide bonds. The molecule has 1 aliphatic rings. The van der Waals surface area contributed by atoms with Crippen molar-refractivity contribution in [3.8, 4) is 0 Å². The largest absolute Gasteiger partial charge is 0.388 e. The smallest absolute Gasteiger partial charge is 0.319 e. The normalized spacial score (nSPS) is 16.4. The van der Waals surface area contributed by atoms with E-state index in [-0.39, 0.29) is 18.5 Å². The molecule has 0 radical (unpaired) electrons. The molecular formula is C19H27N3O3. The van der Waals surface area contributed by atoms with Crippen LogP contribution in [0.25, 0.3) is 0 Å². The molecule has 0 saturated heterocycles. The highest BCUT2D eigenvalue weighted by molar-refractivity contribution is 5.95. The summed E-state index contributed by atoms with van der Waals surface area (Å²) in [6.07, 6.45) is 7.33. The van der Waals surface area contributed by atoms with Crippen LogP contribution in [0, 0.1) is 0 Å². The molecule has 4 N–H and O–H groups in total. The van der Waals surface area contributed by atoms with Gasteiger partial charge in [-0.1, -0.05) is 31.8 Å². The monoisotopic (exact) mass is 345 g/mol. The summed E-state index contributed by atoms with van der Waals surface area (Å²) in [6.45, 7) is 4.21. The van der Waals surface area contributed by atoms with E-state index in [9.17, 15) is 14.7 Å². The lowest BCUT2D eigenvalue weighted by atomic mass is 9.95. The van der Waals surface area contributed by atoms with Crippen LogP contribution in [0.1, 0.15) is 48.9 Å². The van der Waals surface area contributed by atoms with Gasteiger partial charge in [0.2, 0.25) is 0 Å². The van der Waals surface area contributed by atoms with Gasteiger partial charge in [-0.2, -0.15) is 0 Å². The van der Waals surface area contributed by atoms with E-state index >= 15 is 0 Å². The third kappa shape index (κ3) is 6.23. The van der Waals surface area contributed by atoms with Gasteiger partial charge in [-0.25, -0.2) is 4.79 Å². The third-order valence-electron chi connectivity index (χ3n) is 4.42. The van der Waals surface area contributed by atoms with E-state index in [1.54, 1.807) is 30.3 Å². The molecule has 0 spiro atoms. The standard InChI is InChI=1S/C19H27N3O3/c1-2-13-20-17(23)15-7-9-16(10-8-15)22-18(24)21-14-19(25)11-5-3-4-6-12-19/h2,7-10,25H,1,3-6,11-14H2,(H,20,23)(H2,21,22,24). The molecule has 0 heterocycles. The highest BCUT2D eigenvalue weighted by Crippen LogP contribution is 2.26. The van der Waals surface area contributed by atoms with Crippen LogP contribution in [0.5, 0.6) is 0 Å². The number of nitrogens with one attached hydrogen (secondary N) is 3. The molecular weight excluding hydrogens is 318 g/mol. The van der Waals surface area contributed by atoms with Crippen LogP contribution in [0.4, 0.5) is 10.5 Å². The molecule has 1 fully saturated rings. The summed E-state index contributed by atoms with van der Waals surface area (Å²) >= 11 is 0. The van der Waals surface area contributed by atoms with E-state index in [1.807, 2.05) is 0 Å². The summed E-state index contributed by atoms with van der Waals surface area (Å²) < 4.78 is 0. The molecule has 1 aliphatic carbocycles. The van der Waals surface area contributed by atoms with Crippen molar-refractivity contribution in [1.29, 1.82) is 0 Å². The van der Waals surface area contributed by atoms with Gasteiger partial charge < -0.3 is 21.1 Å². The average molecular weight is 345 g/mol. The first-order valence-electron chi connectivity index (χ1n) is 8.79. The Balaban J connectivity index is 1.81. The van der Waals surface area contributed by atoms with Crippen molar-refractivity contribution in [3.63, 3.8) is 0 Å². The second kappa shape index (κ2) is 9.22. The molecule has 1 aromatic carbocycles. The maximum Gasteiger partial charge on any atom is 0.319 e. The Bertz CT molecular complexity index is 590. The molecule has 1 aromatic rings. The Labute approximate surface area is 148 Å². The summed E-state index contributed by atoms with van der Waals surface area (Å²) in [6, 6.07) is 6.27. The van der Waals surface area contributed by atoms with Gasteiger partial charge in [-0.15, -0.1) is 6.58 Å². The number of aliphatic hydroxyl groups is 1. The van der Waals surface area contributed by atoms with E-state index in [1.165, 1.54) is 0 Å². The third-order valence-corrected chi connectivity index (χ3v) is 4.42. The molecule has 0 bridgehead atoms. The van der Waals surface area contributed by atoms with Crippen LogP contribution in [0.3, 0.4) is 0 Å². The number of rotatable bonds is 6. The van der Waals surface area contributed by atoms with Crippen LogP contribution in [0.2, 0.25) is 0 Å². The molecule has 6 heteroatoms. The molecule has 0 aliphatic heterocycles. The summed E-state index contributed by atoms with van der Waals surface area (Å²) in [4.78, 5) is 23.8. The Hall–Kier alpha value is -2.34. The molecule has 0 atom stereocenters. The fourth-order valence-electron chi connectivity index (χ4n) is 2.96. The number of carbonyl (C=O) groups excluding carboxylic acids is 2. The first-order valence-corrected chi connectivity index (χ1v) is 8.79. The van der Waals surface area contributed by atoms with Crippen LogP contribution < -0.4 is 16.0 Å². The van der Waals surface area contributed by atoms with Gasteiger partial charge in [0.1, 0.15) is 0 Å². The number of amides is 3. The zero-order valence-electron chi connectivity index (χ0n) is 14.5. The zero-order chi connectivity index (χ0) is 18.1. The number of benzene rings is 1. The lowest BCUT2D eigenvalue weighted by molar-refractivity contribution is 0.0281. The highest BCUT2D eigenvalue weighted by Gasteiger charge is 2.28. The molecule has 1 saturated carbocycles. The Kier molecular flexibility index (Phi) is 7.01. The minimum atomic E-state index is -0.805. The van der Waals surface area contributed by atoms with Crippen molar-refractivity contribution in [2.24, 2.45) is 0 Å². The maximum atomic E-state index is 12.0. The van der Waals surface area contributed by atoms with Gasteiger partial charge >= 0.3 is 6.03 Å². The van der Waals surface area contributed by atoms with Crippen LogP contribution >= 0.6 is 0 Å². The number of hydrogen-bond donors (Lipinski definition) is 4. The molecule has 2 rings (SSSR count).